The van der Waals surface area contributed by atoms with Gasteiger partial charge in [-0.25, -0.2) is 0 Å². The van der Waals surface area contributed by atoms with E-state index < -0.39 is 0 Å². The molecule has 1 unspecified atom stereocenters. The van der Waals surface area contributed by atoms with Gasteiger partial charge >= 0.3 is 0 Å². The Morgan fingerprint density at radius 3 is 2.85 bits per heavy atom. The number of hydrogen-bond acceptors (Lipinski definition) is 5. The second-order valence-corrected chi connectivity index (χ2v) is 7.80. The first-order valence-corrected chi connectivity index (χ1v) is 9.93. The molecule has 0 spiro atoms. The van der Waals surface area contributed by atoms with Crippen LogP contribution in [0, 0.1) is 0 Å². The van der Waals surface area contributed by atoms with Gasteiger partial charge < -0.3 is 19.8 Å². The van der Waals surface area contributed by atoms with Gasteiger partial charge in [-0.15, -0.1) is 11.3 Å². The zero-order valence-electron chi connectivity index (χ0n) is 14.5. The van der Waals surface area contributed by atoms with Crippen LogP contribution in [-0.4, -0.2) is 31.1 Å². The zero-order chi connectivity index (χ0) is 17.9. The molecule has 1 atom stereocenters. The van der Waals surface area contributed by atoms with E-state index in [0.717, 1.165) is 50.7 Å². The normalized spacial score (nSPS) is 19.2. The molecule has 2 N–H and O–H groups in total. The number of fused-ring (bicyclic) bond motifs is 1. The van der Waals surface area contributed by atoms with Crippen LogP contribution in [-0.2, 0) is 17.6 Å². The van der Waals surface area contributed by atoms with E-state index in [1.54, 1.807) is 12.1 Å². The molecule has 2 aliphatic rings. The largest absolute Gasteiger partial charge is 0.459 e. The van der Waals surface area contributed by atoms with Gasteiger partial charge in [0.1, 0.15) is 5.00 Å². The highest BCUT2D eigenvalue weighted by molar-refractivity contribution is 7.17. The van der Waals surface area contributed by atoms with E-state index in [2.05, 4.69) is 10.6 Å². The number of aryl methyl sites for hydroxylation is 1. The van der Waals surface area contributed by atoms with Crippen molar-refractivity contribution in [3.63, 3.8) is 0 Å². The maximum absolute atomic E-state index is 12.9. The molecule has 3 heterocycles. The van der Waals surface area contributed by atoms with Crippen LogP contribution < -0.4 is 10.6 Å². The molecule has 1 aliphatic heterocycles. The summed E-state index contributed by atoms with van der Waals surface area (Å²) >= 11 is 1.51. The predicted molar refractivity (Wildman–Crippen MR) is 98.9 cm³/mol. The first-order chi connectivity index (χ1) is 12.7. The van der Waals surface area contributed by atoms with Crippen molar-refractivity contribution in [3.8, 4) is 0 Å². The number of nitrogens with one attached hydrogen (secondary N) is 2. The van der Waals surface area contributed by atoms with Gasteiger partial charge in [0, 0.05) is 18.0 Å². The summed E-state index contributed by atoms with van der Waals surface area (Å²) in [4.78, 5) is 26.5. The Hall–Kier alpha value is -2.12. The molecule has 0 bridgehead atoms. The quantitative estimate of drug-likeness (QED) is 0.841. The Morgan fingerprint density at radius 1 is 1.19 bits per heavy atom. The molecular formula is C19H22N2O4S. The molecule has 7 heteroatoms. The van der Waals surface area contributed by atoms with Crippen molar-refractivity contribution in [3.05, 3.63) is 40.2 Å². The van der Waals surface area contributed by atoms with Gasteiger partial charge in [-0.05, 0) is 56.2 Å². The molecule has 2 aromatic rings. The fraction of sp³-hybridized carbons (Fsp3) is 0.474. The SMILES string of the molecule is O=C(Nc1sc2c(c1C(=O)NCC1CCCO1)CCCC2)c1ccco1. The van der Waals surface area contributed by atoms with Gasteiger partial charge in [-0.3, -0.25) is 9.59 Å². The maximum Gasteiger partial charge on any atom is 0.291 e. The molecule has 138 valence electrons. The summed E-state index contributed by atoms with van der Waals surface area (Å²) in [6, 6.07) is 3.28. The molecule has 0 radical (unpaired) electrons. The average Bonchev–Trinajstić information content (AvgIpc) is 3.39. The fourth-order valence-electron chi connectivity index (χ4n) is 3.57. The number of amides is 2. The van der Waals surface area contributed by atoms with Gasteiger partial charge in [-0.1, -0.05) is 0 Å². The third-order valence-corrected chi connectivity index (χ3v) is 6.09. The Bertz CT molecular complexity index is 791. The summed E-state index contributed by atoms with van der Waals surface area (Å²) in [5, 5.41) is 6.48. The van der Waals surface area contributed by atoms with Crippen molar-refractivity contribution in [2.45, 2.75) is 44.6 Å². The Labute approximate surface area is 155 Å². The highest BCUT2D eigenvalue weighted by Gasteiger charge is 2.27. The van der Waals surface area contributed by atoms with Crippen LogP contribution >= 0.6 is 11.3 Å². The number of ether oxygens (including phenoxy) is 1. The van der Waals surface area contributed by atoms with Crippen LogP contribution in [0.25, 0.3) is 0 Å². The van der Waals surface area contributed by atoms with Gasteiger partial charge in [-0.2, -0.15) is 0 Å². The van der Waals surface area contributed by atoms with Crippen molar-refractivity contribution < 1.29 is 18.7 Å². The number of rotatable bonds is 5. The summed E-state index contributed by atoms with van der Waals surface area (Å²) in [7, 11) is 0. The first-order valence-electron chi connectivity index (χ1n) is 9.11. The van der Waals surface area contributed by atoms with Crippen molar-refractivity contribution >= 4 is 28.2 Å². The van der Waals surface area contributed by atoms with Crippen LogP contribution in [0.3, 0.4) is 0 Å². The molecule has 2 aromatic heterocycles. The average molecular weight is 374 g/mol. The number of anilines is 1. The smallest absolute Gasteiger partial charge is 0.291 e. The van der Waals surface area contributed by atoms with E-state index in [1.165, 1.54) is 22.5 Å². The van der Waals surface area contributed by atoms with Gasteiger partial charge in [0.2, 0.25) is 0 Å². The van der Waals surface area contributed by atoms with Crippen LogP contribution in [0.15, 0.2) is 22.8 Å². The molecule has 0 saturated carbocycles. The minimum atomic E-state index is -0.332. The van der Waals surface area contributed by atoms with Crippen molar-refractivity contribution in [1.82, 2.24) is 5.32 Å². The minimum Gasteiger partial charge on any atom is -0.459 e. The van der Waals surface area contributed by atoms with Gasteiger partial charge in [0.15, 0.2) is 5.76 Å². The molecular weight excluding hydrogens is 352 g/mol. The van der Waals surface area contributed by atoms with Crippen LogP contribution in [0.2, 0.25) is 0 Å². The van der Waals surface area contributed by atoms with Gasteiger partial charge in [0.05, 0.1) is 17.9 Å². The summed E-state index contributed by atoms with van der Waals surface area (Å²) in [5.74, 6) is -0.224. The first kappa shape index (κ1) is 17.3. The fourth-order valence-corrected chi connectivity index (χ4v) is 4.85. The number of thiophene rings is 1. The Balaban J connectivity index is 1.55. The molecule has 1 aliphatic carbocycles. The van der Waals surface area contributed by atoms with E-state index in [1.807, 2.05) is 0 Å². The highest BCUT2D eigenvalue weighted by Crippen LogP contribution is 2.38. The molecule has 2 amide bonds. The summed E-state index contributed by atoms with van der Waals surface area (Å²) in [6.07, 6.45) is 7.60. The van der Waals surface area contributed by atoms with Gasteiger partial charge in [0.25, 0.3) is 11.8 Å². The summed E-state index contributed by atoms with van der Waals surface area (Å²) in [6.45, 7) is 1.27. The minimum absolute atomic E-state index is 0.0922. The second-order valence-electron chi connectivity index (χ2n) is 6.69. The van der Waals surface area contributed by atoms with E-state index in [-0.39, 0.29) is 23.7 Å². The summed E-state index contributed by atoms with van der Waals surface area (Å²) < 4.78 is 10.7. The van der Waals surface area contributed by atoms with E-state index >= 15 is 0 Å². The molecule has 1 fully saturated rings. The molecule has 26 heavy (non-hydrogen) atoms. The highest BCUT2D eigenvalue weighted by atomic mass is 32.1. The lowest BCUT2D eigenvalue weighted by Gasteiger charge is -2.15. The lowest BCUT2D eigenvalue weighted by Crippen LogP contribution is -2.32. The molecule has 4 rings (SSSR count). The van der Waals surface area contributed by atoms with Crippen molar-refractivity contribution in [2.75, 3.05) is 18.5 Å². The topological polar surface area (TPSA) is 80.6 Å². The third-order valence-electron chi connectivity index (χ3n) is 4.88. The van der Waals surface area contributed by atoms with E-state index in [4.69, 9.17) is 9.15 Å². The number of carbonyl (C=O) groups is 2. The van der Waals surface area contributed by atoms with Crippen LogP contribution in [0.4, 0.5) is 5.00 Å². The maximum atomic E-state index is 12.9. The van der Waals surface area contributed by atoms with Crippen molar-refractivity contribution in [2.24, 2.45) is 0 Å². The van der Waals surface area contributed by atoms with Crippen LogP contribution in [0.1, 0.15) is 57.0 Å². The standard InChI is InChI=1S/C19H22N2O4S/c22-17(14-7-4-10-25-14)21-19-16(13-6-1-2-8-15(13)26-19)18(23)20-11-12-5-3-9-24-12/h4,7,10,12H,1-3,5-6,8-9,11H2,(H,20,23)(H,21,22). The lowest BCUT2D eigenvalue weighted by atomic mass is 9.95. The number of furan rings is 1. The second kappa shape index (κ2) is 7.63. The summed E-state index contributed by atoms with van der Waals surface area (Å²) in [5.41, 5.74) is 1.70. The van der Waals surface area contributed by atoms with E-state index in [0.29, 0.717) is 17.1 Å². The monoisotopic (exact) mass is 374 g/mol. The predicted octanol–water partition coefficient (Wildman–Crippen LogP) is 3.38. The zero-order valence-corrected chi connectivity index (χ0v) is 15.3. The molecule has 0 aromatic carbocycles. The Kier molecular flexibility index (Phi) is 5.08. The van der Waals surface area contributed by atoms with Crippen molar-refractivity contribution in [1.29, 1.82) is 0 Å². The van der Waals surface area contributed by atoms with E-state index in [9.17, 15) is 9.59 Å². The molecule has 1 saturated heterocycles. The number of carbonyl (C=O) groups excluding carboxylic acids is 2. The van der Waals surface area contributed by atoms with Crippen LogP contribution in [0.5, 0.6) is 0 Å². The Morgan fingerprint density at radius 2 is 2.08 bits per heavy atom. The molecule has 6 nitrogen and oxygen atoms in total. The lowest BCUT2D eigenvalue weighted by molar-refractivity contribution is 0.0858. The third kappa shape index (κ3) is 3.54. The number of hydrogen-bond donors (Lipinski definition) is 2.